The zero-order chi connectivity index (χ0) is 19.1. The average molecular weight is 390 g/mol. The number of aromatic nitrogens is 1. The van der Waals surface area contributed by atoms with Crippen LogP contribution >= 0.6 is 11.9 Å². The van der Waals surface area contributed by atoms with Crippen molar-refractivity contribution >= 4 is 28.5 Å². The van der Waals surface area contributed by atoms with E-state index in [-0.39, 0.29) is 0 Å². The van der Waals surface area contributed by atoms with Crippen LogP contribution in [0.4, 0.5) is 5.69 Å². The average Bonchev–Trinajstić information content (AvgIpc) is 3.33. The van der Waals surface area contributed by atoms with E-state index in [9.17, 15) is 5.26 Å². The minimum atomic E-state index is 0.459. The fourth-order valence-electron chi connectivity index (χ4n) is 4.28. The van der Waals surface area contributed by atoms with Crippen LogP contribution < -0.4 is 9.04 Å². The maximum Gasteiger partial charge on any atom is 0.120 e. The number of anilines is 1. The number of nitriles is 1. The summed E-state index contributed by atoms with van der Waals surface area (Å²) in [7, 11) is 1.69. The second-order valence-electron chi connectivity index (χ2n) is 7.51. The molecule has 0 bridgehead atoms. The molecule has 2 aliphatic rings. The maximum absolute atomic E-state index is 10.0. The van der Waals surface area contributed by atoms with E-state index >= 15 is 0 Å². The number of nitrogens with zero attached hydrogens (tertiary/aromatic N) is 3. The van der Waals surface area contributed by atoms with E-state index < -0.39 is 0 Å². The Bertz CT molecular complexity index is 1050. The summed E-state index contributed by atoms with van der Waals surface area (Å²) in [6.45, 7) is 1.11. The summed E-state index contributed by atoms with van der Waals surface area (Å²) >= 11 is 1.90. The fourth-order valence-corrected chi connectivity index (χ4v) is 5.28. The second kappa shape index (κ2) is 7.10. The normalized spacial score (nSPS) is 16.9. The Morgan fingerprint density at radius 2 is 1.93 bits per heavy atom. The predicted octanol–water partition coefficient (Wildman–Crippen LogP) is 5.77. The molecule has 2 aromatic carbocycles. The van der Waals surface area contributed by atoms with Crippen LogP contribution in [0.2, 0.25) is 0 Å². The van der Waals surface area contributed by atoms with Crippen molar-refractivity contribution in [3.8, 4) is 23.1 Å². The lowest BCUT2D eigenvalue weighted by Gasteiger charge is -2.30. The molecular formula is C23H23N3OS. The van der Waals surface area contributed by atoms with Crippen molar-refractivity contribution < 1.29 is 4.74 Å². The van der Waals surface area contributed by atoms with Gasteiger partial charge in [-0.15, -0.1) is 0 Å². The molecule has 0 N–H and O–H groups in total. The molecule has 1 saturated heterocycles. The van der Waals surface area contributed by atoms with Crippen LogP contribution in [-0.4, -0.2) is 24.0 Å². The lowest BCUT2D eigenvalue weighted by atomic mass is 9.92. The van der Waals surface area contributed by atoms with E-state index in [2.05, 4.69) is 45.3 Å². The fraction of sp³-hybridized carbons (Fsp3) is 0.348. The Kier molecular flexibility index (Phi) is 4.44. The van der Waals surface area contributed by atoms with Crippen LogP contribution in [-0.2, 0) is 0 Å². The van der Waals surface area contributed by atoms with E-state index in [0.29, 0.717) is 6.04 Å². The van der Waals surface area contributed by atoms with Gasteiger partial charge in [-0.25, -0.2) is 0 Å². The summed E-state index contributed by atoms with van der Waals surface area (Å²) in [5.74, 6) is 2.03. The number of hydrogen-bond acceptors (Lipinski definition) is 4. The number of fused-ring (bicyclic) bond motifs is 1. The summed E-state index contributed by atoms with van der Waals surface area (Å²) < 4.78 is 10.2. The zero-order valence-electron chi connectivity index (χ0n) is 16.0. The number of ether oxygens (including phenoxy) is 1. The van der Waals surface area contributed by atoms with Crippen molar-refractivity contribution in [2.75, 3.05) is 23.7 Å². The first-order chi connectivity index (χ1) is 13.8. The van der Waals surface area contributed by atoms with E-state index in [0.717, 1.165) is 40.0 Å². The highest BCUT2D eigenvalue weighted by Gasteiger charge is 2.28. The molecule has 0 spiro atoms. The molecule has 1 aliphatic heterocycles. The summed E-state index contributed by atoms with van der Waals surface area (Å²) in [5.41, 5.74) is 5.29. The highest BCUT2D eigenvalue weighted by Crippen LogP contribution is 2.43. The van der Waals surface area contributed by atoms with E-state index in [4.69, 9.17) is 4.74 Å². The smallest absolute Gasteiger partial charge is 0.120 e. The number of benzene rings is 2. The number of hydrogen-bond donors (Lipinski definition) is 0. The molecule has 2 fully saturated rings. The lowest BCUT2D eigenvalue weighted by Crippen LogP contribution is -2.17. The molecule has 1 aliphatic carbocycles. The van der Waals surface area contributed by atoms with Crippen LogP contribution in [0, 0.1) is 11.3 Å². The first-order valence-electron chi connectivity index (χ1n) is 9.93. The van der Waals surface area contributed by atoms with E-state index in [1.54, 1.807) is 7.11 Å². The maximum atomic E-state index is 10.0. The van der Waals surface area contributed by atoms with Crippen molar-refractivity contribution in [1.82, 2.24) is 4.57 Å². The van der Waals surface area contributed by atoms with Gasteiger partial charge in [0.15, 0.2) is 0 Å². The van der Waals surface area contributed by atoms with Gasteiger partial charge >= 0.3 is 0 Å². The molecule has 0 unspecified atom stereocenters. The first-order valence-corrected chi connectivity index (χ1v) is 10.9. The first kappa shape index (κ1) is 17.5. The molecule has 5 rings (SSSR count). The molecule has 1 saturated carbocycles. The Balaban J connectivity index is 1.68. The van der Waals surface area contributed by atoms with Crippen LogP contribution in [0.15, 0.2) is 42.5 Å². The van der Waals surface area contributed by atoms with Gasteiger partial charge in [-0.2, -0.15) is 5.26 Å². The third-order valence-corrected chi connectivity index (χ3v) is 7.12. The summed E-state index contributed by atoms with van der Waals surface area (Å²) in [5, 5.41) is 11.0. The molecule has 5 heteroatoms. The van der Waals surface area contributed by atoms with Crippen molar-refractivity contribution in [2.45, 2.75) is 31.7 Å². The summed E-state index contributed by atoms with van der Waals surface area (Å²) in [6.07, 6.45) is 4.83. The Morgan fingerprint density at radius 3 is 2.54 bits per heavy atom. The van der Waals surface area contributed by atoms with Crippen molar-refractivity contribution in [3.05, 3.63) is 48.0 Å². The van der Waals surface area contributed by atoms with Gasteiger partial charge in [0.1, 0.15) is 11.8 Å². The highest BCUT2D eigenvalue weighted by atomic mass is 32.2. The van der Waals surface area contributed by atoms with Gasteiger partial charge in [-0.3, -0.25) is 0 Å². The molecule has 142 valence electrons. The second-order valence-corrected chi connectivity index (χ2v) is 8.62. The number of methoxy groups -OCH3 is 1. The van der Waals surface area contributed by atoms with Gasteiger partial charge in [0.05, 0.1) is 23.9 Å². The molecule has 0 atom stereocenters. The molecule has 28 heavy (non-hydrogen) atoms. The zero-order valence-corrected chi connectivity index (χ0v) is 16.8. The molecule has 4 nitrogen and oxygen atoms in total. The van der Waals surface area contributed by atoms with Gasteiger partial charge in [-0.1, -0.05) is 12.1 Å². The van der Waals surface area contributed by atoms with Crippen molar-refractivity contribution in [3.63, 3.8) is 0 Å². The molecule has 0 amide bonds. The summed E-state index contributed by atoms with van der Waals surface area (Å²) in [6, 6.07) is 17.7. The van der Waals surface area contributed by atoms with Gasteiger partial charge in [0, 0.05) is 35.5 Å². The van der Waals surface area contributed by atoms with Crippen molar-refractivity contribution in [1.29, 1.82) is 5.26 Å². The van der Waals surface area contributed by atoms with E-state index in [1.807, 2.05) is 24.1 Å². The quantitative estimate of drug-likeness (QED) is 0.531. The van der Waals surface area contributed by atoms with Gasteiger partial charge in [0.2, 0.25) is 0 Å². The van der Waals surface area contributed by atoms with Crippen LogP contribution in [0.25, 0.3) is 22.2 Å². The Labute approximate surface area is 169 Å². The van der Waals surface area contributed by atoms with Gasteiger partial charge in [-0.05, 0) is 67.5 Å². The Hall–Kier alpha value is -2.58. The molecule has 2 heterocycles. The minimum Gasteiger partial charge on any atom is -0.497 e. The number of rotatable bonds is 4. The van der Waals surface area contributed by atoms with Crippen molar-refractivity contribution in [2.24, 2.45) is 0 Å². The molecule has 0 radical (unpaired) electrons. The topological polar surface area (TPSA) is 41.2 Å². The lowest BCUT2D eigenvalue weighted by molar-refractivity contribution is 0.324. The highest BCUT2D eigenvalue weighted by molar-refractivity contribution is 8.00. The molecule has 3 aromatic rings. The third kappa shape index (κ3) is 2.75. The molecule has 1 aromatic heterocycles. The summed E-state index contributed by atoms with van der Waals surface area (Å²) in [4.78, 5) is 0. The van der Waals surface area contributed by atoms with Gasteiger partial charge < -0.3 is 13.6 Å². The van der Waals surface area contributed by atoms with Gasteiger partial charge in [0.25, 0.3) is 0 Å². The molecular weight excluding hydrogens is 366 g/mol. The predicted molar refractivity (Wildman–Crippen MR) is 116 cm³/mol. The SMILES string of the molecule is COc1ccc2c(C#N)c(-c3ccc(N4CCCS4)cc3)n(C3CCC3)c2c1. The van der Waals surface area contributed by atoms with Crippen LogP contribution in [0.1, 0.15) is 37.3 Å². The monoisotopic (exact) mass is 389 g/mol. The minimum absolute atomic E-state index is 0.459. The largest absolute Gasteiger partial charge is 0.497 e. The van der Waals surface area contributed by atoms with Crippen LogP contribution in [0.3, 0.4) is 0 Å². The van der Waals surface area contributed by atoms with Crippen LogP contribution in [0.5, 0.6) is 5.75 Å². The third-order valence-electron chi connectivity index (χ3n) is 5.94. The standard InChI is InChI=1S/C23H23N3OS/c1-27-19-10-11-20-21(15-24)23(26(22(20)14-19)18-4-2-5-18)16-6-8-17(9-7-16)25-12-3-13-28-25/h6-11,14,18H,2-5,12-13H2,1H3. The Morgan fingerprint density at radius 1 is 1.11 bits per heavy atom. The van der Waals surface area contributed by atoms with E-state index in [1.165, 1.54) is 37.1 Å².